The lowest BCUT2D eigenvalue weighted by Crippen LogP contribution is -2.15. The van der Waals surface area contributed by atoms with E-state index in [0.717, 1.165) is 11.1 Å². The number of hydrogen-bond donors (Lipinski definition) is 0. The minimum atomic E-state index is -0.235. The highest BCUT2D eigenvalue weighted by molar-refractivity contribution is 5.63. The molecule has 0 aromatic heterocycles. The Hall–Kier alpha value is -1.72. The maximum Gasteiger partial charge on any atom is 0.113 e. The zero-order valence-electron chi connectivity index (χ0n) is 11.3. The van der Waals surface area contributed by atoms with Gasteiger partial charge in [-0.25, -0.2) is 0 Å². The lowest BCUT2D eigenvalue weighted by Gasteiger charge is -2.14. The van der Waals surface area contributed by atoms with Gasteiger partial charge in [0.05, 0.1) is 6.61 Å². The number of ether oxygens (including phenoxy) is 2. The smallest absolute Gasteiger partial charge is 0.113 e. The molecule has 0 atom stereocenters. The zero-order valence-corrected chi connectivity index (χ0v) is 11.3. The molecule has 1 aromatic rings. The molecule has 0 N–H and O–H groups in total. The molecule has 0 fully saturated rings. The van der Waals surface area contributed by atoms with Gasteiger partial charge >= 0.3 is 0 Å². The van der Waals surface area contributed by atoms with Crippen molar-refractivity contribution in [2.45, 2.75) is 26.4 Å². The van der Waals surface area contributed by atoms with Crippen molar-refractivity contribution in [1.82, 2.24) is 0 Å². The first kappa shape index (κ1) is 14.3. The van der Waals surface area contributed by atoms with Crippen molar-refractivity contribution in [3.05, 3.63) is 42.5 Å². The van der Waals surface area contributed by atoms with Crippen LogP contribution in [-0.2, 0) is 9.47 Å². The molecule has 96 valence electrons. The molecule has 0 spiro atoms. The van der Waals surface area contributed by atoms with E-state index in [1.807, 2.05) is 51.1 Å². The van der Waals surface area contributed by atoms with E-state index in [0.29, 0.717) is 13.2 Å². The molecule has 0 aliphatic carbocycles. The molecule has 0 unspecified atom stereocenters. The third-order valence-electron chi connectivity index (χ3n) is 2.06. The van der Waals surface area contributed by atoms with Gasteiger partial charge in [-0.15, -0.1) is 0 Å². The second-order valence-electron chi connectivity index (χ2n) is 4.96. The van der Waals surface area contributed by atoms with Gasteiger partial charge in [0.2, 0.25) is 0 Å². The van der Waals surface area contributed by atoms with Crippen LogP contribution in [0.1, 0.15) is 26.3 Å². The summed E-state index contributed by atoms with van der Waals surface area (Å²) in [5, 5.41) is 0. The summed E-state index contributed by atoms with van der Waals surface area (Å²) in [5.74, 6) is 2.81. The highest BCUT2D eigenvalue weighted by atomic mass is 16.5. The van der Waals surface area contributed by atoms with E-state index in [1.54, 1.807) is 0 Å². The van der Waals surface area contributed by atoms with Gasteiger partial charge in [0.25, 0.3) is 0 Å². The molecule has 1 rings (SSSR count). The first-order valence-corrected chi connectivity index (χ1v) is 5.96. The molecule has 0 saturated heterocycles. The van der Waals surface area contributed by atoms with Crippen molar-refractivity contribution in [3.8, 4) is 12.0 Å². The fraction of sp³-hybridized carbons (Fsp3) is 0.375. The van der Waals surface area contributed by atoms with Gasteiger partial charge in [-0.3, -0.25) is 0 Å². The van der Waals surface area contributed by atoms with E-state index in [-0.39, 0.29) is 5.60 Å². The Balaban J connectivity index is 2.25. The summed E-state index contributed by atoms with van der Waals surface area (Å²) >= 11 is 0. The first-order valence-electron chi connectivity index (χ1n) is 5.96. The largest absolute Gasteiger partial charge is 0.441 e. The normalized spacial score (nSPS) is 10.4. The van der Waals surface area contributed by atoms with Crippen molar-refractivity contribution >= 4 is 5.57 Å². The van der Waals surface area contributed by atoms with Crippen LogP contribution in [0.2, 0.25) is 0 Å². The Bertz CT molecular complexity index is 430. The van der Waals surface area contributed by atoms with Crippen molar-refractivity contribution < 1.29 is 9.47 Å². The van der Waals surface area contributed by atoms with Crippen LogP contribution in [0.4, 0.5) is 0 Å². The maximum atomic E-state index is 5.41. The summed E-state index contributed by atoms with van der Waals surface area (Å²) in [6, 6.07) is 9.97. The quantitative estimate of drug-likeness (QED) is 0.596. The SMILES string of the molecule is C=C(COCC#COC(C)(C)C)c1ccccc1. The van der Waals surface area contributed by atoms with E-state index in [9.17, 15) is 0 Å². The zero-order chi connectivity index (χ0) is 13.4. The van der Waals surface area contributed by atoms with Crippen LogP contribution in [0.15, 0.2) is 36.9 Å². The molecule has 2 nitrogen and oxygen atoms in total. The van der Waals surface area contributed by atoms with Crippen LogP contribution in [0.3, 0.4) is 0 Å². The van der Waals surface area contributed by atoms with Gasteiger partial charge < -0.3 is 9.47 Å². The Kier molecular flexibility index (Phi) is 5.48. The lowest BCUT2D eigenvalue weighted by atomic mass is 10.1. The van der Waals surface area contributed by atoms with E-state index in [4.69, 9.17) is 9.47 Å². The van der Waals surface area contributed by atoms with Gasteiger partial charge in [0.1, 0.15) is 18.3 Å². The maximum absolute atomic E-state index is 5.41. The predicted molar refractivity (Wildman–Crippen MR) is 74.9 cm³/mol. The molecule has 0 radical (unpaired) electrons. The summed E-state index contributed by atoms with van der Waals surface area (Å²) in [4.78, 5) is 0. The lowest BCUT2D eigenvalue weighted by molar-refractivity contribution is 0.0953. The molecule has 1 aromatic carbocycles. The molecular weight excluding hydrogens is 224 g/mol. The first-order chi connectivity index (χ1) is 8.49. The minimum Gasteiger partial charge on any atom is -0.441 e. The number of hydrogen-bond acceptors (Lipinski definition) is 2. The minimum absolute atomic E-state index is 0.235. The Labute approximate surface area is 110 Å². The van der Waals surface area contributed by atoms with E-state index in [1.165, 1.54) is 0 Å². The molecule has 0 amide bonds. The predicted octanol–water partition coefficient (Wildman–Crippen LogP) is 3.49. The third kappa shape index (κ3) is 6.12. The Morgan fingerprint density at radius 1 is 1.22 bits per heavy atom. The van der Waals surface area contributed by atoms with Crippen LogP contribution in [0.25, 0.3) is 5.57 Å². The monoisotopic (exact) mass is 244 g/mol. The van der Waals surface area contributed by atoms with Crippen LogP contribution in [0, 0.1) is 12.0 Å². The highest BCUT2D eigenvalue weighted by Gasteiger charge is 2.07. The second-order valence-corrected chi connectivity index (χ2v) is 4.96. The molecule has 0 bridgehead atoms. The van der Waals surface area contributed by atoms with Gasteiger partial charge in [-0.2, -0.15) is 0 Å². The van der Waals surface area contributed by atoms with Crippen molar-refractivity contribution in [1.29, 1.82) is 0 Å². The Morgan fingerprint density at radius 3 is 2.50 bits per heavy atom. The van der Waals surface area contributed by atoms with Gasteiger partial charge in [-0.1, -0.05) is 36.9 Å². The third-order valence-corrected chi connectivity index (χ3v) is 2.06. The average Bonchev–Trinajstić information content (AvgIpc) is 2.33. The molecule has 0 aliphatic heterocycles. The van der Waals surface area contributed by atoms with Crippen LogP contribution >= 0.6 is 0 Å². The topological polar surface area (TPSA) is 18.5 Å². The van der Waals surface area contributed by atoms with E-state index >= 15 is 0 Å². The summed E-state index contributed by atoms with van der Waals surface area (Å²) in [5.41, 5.74) is 1.81. The standard InChI is InChI=1S/C16H20O2/c1-14(15-9-6-5-7-10-15)13-17-11-8-12-18-16(2,3)4/h5-7,9-10H,1,11,13H2,2-4H3. The summed E-state index contributed by atoms with van der Waals surface area (Å²) < 4.78 is 10.7. The number of rotatable bonds is 4. The van der Waals surface area contributed by atoms with Gasteiger partial charge in [0.15, 0.2) is 0 Å². The summed E-state index contributed by atoms with van der Waals surface area (Å²) in [7, 11) is 0. The molecule has 0 aliphatic rings. The Morgan fingerprint density at radius 2 is 1.89 bits per heavy atom. The average molecular weight is 244 g/mol. The number of benzene rings is 1. The fourth-order valence-electron chi connectivity index (χ4n) is 1.20. The van der Waals surface area contributed by atoms with E-state index < -0.39 is 0 Å². The highest BCUT2D eigenvalue weighted by Crippen LogP contribution is 2.11. The fourth-order valence-corrected chi connectivity index (χ4v) is 1.20. The van der Waals surface area contributed by atoms with Gasteiger partial charge in [0, 0.05) is 0 Å². The van der Waals surface area contributed by atoms with E-state index in [2.05, 4.69) is 18.6 Å². The molecule has 2 heteroatoms. The summed E-state index contributed by atoms with van der Waals surface area (Å²) in [6.45, 7) is 10.7. The van der Waals surface area contributed by atoms with Crippen molar-refractivity contribution in [3.63, 3.8) is 0 Å². The van der Waals surface area contributed by atoms with Crippen molar-refractivity contribution in [2.24, 2.45) is 0 Å². The summed E-state index contributed by atoms with van der Waals surface area (Å²) in [6.07, 6.45) is 2.63. The van der Waals surface area contributed by atoms with Gasteiger partial charge in [-0.05, 0) is 37.8 Å². The van der Waals surface area contributed by atoms with Crippen LogP contribution in [0.5, 0.6) is 0 Å². The molecule has 0 heterocycles. The van der Waals surface area contributed by atoms with Crippen molar-refractivity contribution in [2.75, 3.05) is 13.2 Å². The second kappa shape index (κ2) is 6.88. The van der Waals surface area contributed by atoms with Crippen LogP contribution < -0.4 is 0 Å². The molecule has 18 heavy (non-hydrogen) atoms. The van der Waals surface area contributed by atoms with Crippen LogP contribution in [-0.4, -0.2) is 18.8 Å². The molecular formula is C16H20O2. The molecule has 0 saturated carbocycles.